The SMILES string of the molecule is Cc1nnc(SCC(=O)N2CC(=O)NC(=O)C23CCCCC3)n1-c1ccccc1. The first kappa shape index (κ1) is 19.6. The van der Waals surface area contributed by atoms with E-state index in [1.54, 1.807) is 0 Å². The molecule has 1 N–H and O–H groups in total. The highest BCUT2D eigenvalue weighted by Crippen LogP contribution is 2.36. The van der Waals surface area contributed by atoms with Gasteiger partial charge >= 0.3 is 0 Å². The largest absolute Gasteiger partial charge is 0.318 e. The zero-order chi connectivity index (χ0) is 20.4. The molecule has 4 rings (SSSR count). The molecule has 1 saturated carbocycles. The zero-order valence-electron chi connectivity index (χ0n) is 16.3. The second kappa shape index (κ2) is 7.98. The molecule has 2 heterocycles. The number of aromatic nitrogens is 3. The number of aryl methyl sites for hydroxylation is 1. The Balaban J connectivity index is 1.54. The summed E-state index contributed by atoms with van der Waals surface area (Å²) in [7, 11) is 0. The highest BCUT2D eigenvalue weighted by atomic mass is 32.2. The molecule has 2 aliphatic rings. The number of benzene rings is 1. The Morgan fingerprint density at radius 1 is 1.14 bits per heavy atom. The minimum Gasteiger partial charge on any atom is -0.318 e. The Kier molecular flexibility index (Phi) is 5.40. The highest BCUT2D eigenvalue weighted by Gasteiger charge is 2.50. The Morgan fingerprint density at radius 3 is 2.59 bits per heavy atom. The molecule has 0 radical (unpaired) electrons. The van der Waals surface area contributed by atoms with E-state index in [-0.39, 0.29) is 24.1 Å². The first-order valence-electron chi connectivity index (χ1n) is 9.76. The van der Waals surface area contributed by atoms with Crippen molar-refractivity contribution in [3.63, 3.8) is 0 Å². The Bertz CT molecular complexity index is 937. The number of amides is 3. The predicted molar refractivity (Wildman–Crippen MR) is 107 cm³/mol. The monoisotopic (exact) mass is 413 g/mol. The van der Waals surface area contributed by atoms with Gasteiger partial charge in [-0.1, -0.05) is 49.2 Å². The van der Waals surface area contributed by atoms with Crippen LogP contribution in [0.25, 0.3) is 5.69 Å². The summed E-state index contributed by atoms with van der Waals surface area (Å²) in [5.41, 5.74) is 0.0218. The smallest absolute Gasteiger partial charge is 0.252 e. The third-order valence-electron chi connectivity index (χ3n) is 5.61. The van der Waals surface area contributed by atoms with Gasteiger partial charge in [0.2, 0.25) is 11.8 Å². The summed E-state index contributed by atoms with van der Waals surface area (Å²) in [6.45, 7) is 1.78. The Labute approximate surface area is 173 Å². The van der Waals surface area contributed by atoms with Gasteiger partial charge in [0, 0.05) is 5.69 Å². The third kappa shape index (κ3) is 3.66. The molecule has 1 aliphatic heterocycles. The molecule has 1 spiro atoms. The van der Waals surface area contributed by atoms with E-state index in [9.17, 15) is 14.4 Å². The first-order chi connectivity index (χ1) is 14.0. The van der Waals surface area contributed by atoms with Crippen molar-refractivity contribution in [2.24, 2.45) is 0 Å². The Hall–Kier alpha value is -2.68. The van der Waals surface area contributed by atoms with Crippen LogP contribution in [0.1, 0.15) is 37.9 Å². The number of carbonyl (C=O) groups is 3. The fraction of sp³-hybridized carbons (Fsp3) is 0.450. The van der Waals surface area contributed by atoms with Crippen LogP contribution in [0, 0.1) is 6.92 Å². The van der Waals surface area contributed by atoms with Crippen molar-refractivity contribution in [1.29, 1.82) is 0 Å². The lowest BCUT2D eigenvalue weighted by molar-refractivity contribution is -0.158. The van der Waals surface area contributed by atoms with Gasteiger partial charge in [0.1, 0.15) is 17.9 Å². The minimum absolute atomic E-state index is 0.0739. The molecule has 0 atom stereocenters. The minimum atomic E-state index is -0.896. The van der Waals surface area contributed by atoms with Gasteiger partial charge in [-0.15, -0.1) is 10.2 Å². The van der Waals surface area contributed by atoms with Gasteiger partial charge < -0.3 is 4.90 Å². The van der Waals surface area contributed by atoms with Gasteiger partial charge in [-0.25, -0.2) is 0 Å². The molecule has 0 bridgehead atoms. The van der Waals surface area contributed by atoms with Crippen LogP contribution in [-0.4, -0.2) is 55.2 Å². The second-order valence-electron chi connectivity index (χ2n) is 7.44. The highest BCUT2D eigenvalue weighted by molar-refractivity contribution is 7.99. The van der Waals surface area contributed by atoms with E-state index in [1.807, 2.05) is 41.8 Å². The average Bonchev–Trinajstić information content (AvgIpc) is 3.11. The van der Waals surface area contributed by atoms with Crippen LogP contribution in [0.15, 0.2) is 35.5 Å². The van der Waals surface area contributed by atoms with Gasteiger partial charge in [0.25, 0.3) is 5.91 Å². The molecule has 3 amide bonds. The number of nitrogens with one attached hydrogen (secondary N) is 1. The molecular weight excluding hydrogens is 390 g/mol. The molecule has 1 saturated heterocycles. The van der Waals surface area contributed by atoms with Crippen LogP contribution in [0.5, 0.6) is 0 Å². The van der Waals surface area contributed by atoms with Crippen LogP contribution in [0.4, 0.5) is 0 Å². The van der Waals surface area contributed by atoms with Crippen molar-refractivity contribution in [2.45, 2.75) is 49.7 Å². The number of piperazine rings is 1. The van der Waals surface area contributed by atoms with Gasteiger partial charge in [-0.05, 0) is 31.9 Å². The van der Waals surface area contributed by atoms with Gasteiger partial charge in [0.15, 0.2) is 5.16 Å². The summed E-state index contributed by atoms with van der Waals surface area (Å²) in [4.78, 5) is 39.2. The van der Waals surface area contributed by atoms with Crippen molar-refractivity contribution in [2.75, 3.05) is 12.3 Å². The first-order valence-corrected chi connectivity index (χ1v) is 10.7. The molecule has 152 valence electrons. The summed E-state index contributed by atoms with van der Waals surface area (Å²) in [6.07, 6.45) is 3.99. The van der Waals surface area contributed by atoms with Crippen LogP contribution in [0.3, 0.4) is 0 Å². The van der Waals surface area contributed by atoms with Gasteiger partial charge in [0.05, 0.1) is 5.75 Å². The third-order valence-corrected chi connectivity index (χ3v) is 6.52. The fourth-order valence-corrected chi connectivity index (χ4v) is 5.05. The number of rotatable bonds is 4. The van der Waals surface area contributed by atoms with Crippen molar-refractivity contribution in [1.82, 2.24) is 25.0 Å². The maximum atomic E-state index is 13.1. The van der Waals surface area contributed by atoms with E-state index in [4.69, 9.17) is 0 Å². The van der Waals surface area contributed by atoms with Crippen molar-refractivity contribution < 1.29 is 14.4 Å². The van der Waals surface area contributed by atoms with E-state index >= 15 is 0 Å². The number of thioether (sulfide) groups is 1. The average molecular weight is 414 g/mol. The second-order valence-corrected chi connectivity index (χ2v) is 8.38. The topological polar surface area (TPSA) is 97.2 Å². The van der Waals surface area contributed by atoms with Crippen molar-refractivity contribution in [3.05, 3.63) is 36.2 Å². The maximum absolute atomic E-state index is 13.1. The van der Waals surface area contributed by atoms with E-state index in [2.05, 4.69) is 15.5 Å². The molecule has 1 aromatic carbocycles. The molecule has 2 aromatic rings. The Morgan fingerprint density at radius 2 is 1.86 bits per heavy atom. The van der Waals surface area contributed by atoms with Crippen LogP contribution < -0.4 is 5.32 Å². The summed E-state index contributed by atoms with van der Waals surface area (Å²) >= 11 is 1.27. The molecule has 29 heavy (non-hydrogen) atoms. The van der Waals surface area contributed by atoms with Gasteiger partial charge in [-0.2, -0.15) is 0 Å². The summed E-state index contributed by atoms with van der Waals surface area (Å²) in [6, 6.07) is 9.69. The van der Waals surface area contributed by atoms with Crippen molar-refractivity contribution >= 4 is 29.5 Å². The molecule has 8 nitrogen and oxygen atoms in total. The molecule has 9 heteroatoms. The predicted octanol–water partition coefficient (Wildman–Crippen LogP) is 1.86. The van der Waals surface area contributed by atoms with Crippen LogP contribution in [-0.2, 0) is 14.4 Å². The molecule has 2 fully saturated rings. The van der Waals surface area contributed by atoms with E-state index in [0.717, 1.165) is 30.8 Å². The summed E-state index contributed by atoms with van der Waals surface area (Å²) < 4.78 is 1.89. The molecule has 1 aromatic heterocycles. The summed E-state index contributed by atoms with van der Waals surface area (Å²) in [5.74, 6) is -0.168. The maximum Gasteiger partial charge on any atom is 0.252 e. The number of nitrogens with zero attached hydrogens (tertiary/aromatic N) is 4. The number of hydrogen-bond donors (Lipinski definition) is 1. The molecule has 1 aliphatic carbocycles. The summed E-state index contributed by atoms with van der Waals surface area (Å²) in [5, 5.41) is 11.4. The normalized spacial score (nSPS) is 18.7. The molecule has 0 unspecified atom stereocenters. The van der Waals surface area contributed by atoms with Crippen molar-refractivity contribution in [3.8, 4) is 5.69 Å². The van der Waals surface area contributed by atoms with E-state index in [1.165, 1.54) is 16.7 Å². The van der Waals surface area contributed by atoms with E-state index < -0.39 is 11.4 Å². The number of imide groups is 1. The lowest BCUT2D eigenvalue weighted by atomic mass is 9.78. The fourth-order valence-electron chi connectivity index (χ4n) is 4.18. The van der Waals surface area contributed by atoms with Crippen LogP contribution in [0.2, 0.25) is 0 Å². The lowest BCUT2D eigenvalue weighted by Crippen LogP contribution is -2.69. The zero-order valence-corrected chi connectivity index (χ0v) is 17.1. The molecular formula is C20H23N5O3S. The standard InChI is InChI=1S/C20H23N5O3S/c1-14-22-23-19(25(14)15-8-4-2-5-9-15)29-13-17(27)24-12-16(26)21-18(28)20(24)10-6-3-7-11-20/h2,4-5,8-9H,3,6-7,10-13H2,1H3,(H,21,26,28). The van der Waals surface area contributed by atoms with Gasteiger partial charge in [-0.3, -0.25) is 24.3 Å². The van der Waals surface area contributed by atoms with Crippen LogP contribution >= 0.6 is 11.8 Å². The number of hydrogen-bond acceptors (Lipinski definition) is 6. The lowest BCUT2D eigenvalue weighted by Gasteiger charge is -2.47. The van der Waals surface area contributed by atoms with E-state index in [0.29, 0.717) is 18.0 Å². The number of para-hydroxylation sites is 1. The number of carbonyl (C=O) groups excluding carboxylic acids is 3. The quantitative estimate of drug-likeness (QED) is 0.607.